The van der Waals surface area contributed by atoms with Crippen molar-refractivity contribution in [3.05, 3.63) is 0 Å². The fourth-order valence-electron chi connectivity index (χ4n) is 0. The van der Waals surface area contributed by atoms with Crippen LogP contribution in [0.4, 0.5) is 0 Å². The van der Waals surface area contributed by atoms with Gasteiger partial charge in [-0.2, -0.15) is 13.5 Å². The molecule has 0 aromatic rings. The van der Waals surface area contributed by atoms with Gasteiger partial charge in [0.1, 0.15) is 0 Å². The van der Waals surface area contributed by atoms with Crippen LogP contribution in [0, 0.1) is 0 Å². The minimum absolute atomic E-state index is 0. The van der Waals surface area contributed by atoms with E-state index >= 15 is 0 Å². The Bertz CT molecular complexity index is 8.00. The molecule has 0 rings (SSSR count). The Hall–Kier alpha value is 3.41. The van der Waals surface area contributed by atoms with Crippen molar-refractivity contribution in [1.29, 1.82) is 0 Å². The van der Waals surface area contributed by atoms with Gasteiger partial charge in [0.15, 0.2) is 0 Å². The third-order valence-electron chi connectivity index (χ3n) is 0. The first kappa shape index (κ1) is 26.2. The maximum atomic E-state index is 0. The second-order valence-electron chi connectivity index (χ2n) is 0. The van der Waals surface area contributed by atoms with Gasteiger partial charge in [0.05, 0.1) is 0 Å². The number of hydrogen-bond donors (Lipinski definition) is 0. The van der Waals surface area contributed by atoms with E-state index in [0.717, 1.165) is 0 Å². The van der Waals surface area contributed by atoms with Crippen LogP contribution in [-0.4, -0.2) is 74.7 Å². The average molecular weight is 352 g/mol. The zero-order valence-corrected chi connectivity index (χ0v) is 14.2. The third-order valence-corrected chi connectivity index (χ3v) is 0. The second-order valence-corrected chi connectivity index (χ2v) is 0. The smallest absolute Gasteiger partial charge is 0 e. The van der Waals surface area contributed by atoms with E-state index in [1.54, 1.807) is 0 Å². The fraction of sp³-hybridized carbons (Fsp3) is 0. The summed E-state index contributed by atoms with van der Waals surface area (Å²) in [4.78, 5) is 0. The molecule has 0 unspecified atom stereocenters. The van der Waals surface area contributed by atoms with Crippen molar-refractivity contribution >= 4 is 88.2 Å². The summed E-state index contributed by atoms with van der Waals surface area (Å²) in [6, 6.07) is 0. The molecule has 0 heterocycles. The van der Waals surface area contributed by atoms with E-state index in [2.05, 4.69) is 0 Å². The normalized spacial score (nSPS) is 0. The molecule has 0 aliphatic carbocycles. The summed E-state index contributed by atoms with van der Waals surface area (Å²) in [5.74, 6) is 0. The van der Waals surface area contributed by atoms with Crippen LogP contribution in [0.5, 0.6) is 0 Å². The minimum Gasteiger partial charge on any atom is -0.197 e. The summed E-state index contributed by atoms with van der Waals surface area (Å²) in [5.41, 5.74) is 0. The Labute approximate surface area is 105 Å². The zero-order chi connectivity index (χ0) is 0. The van der Waals surface area contributed by atoms with Gasteiger partial charge < -0.3 is 0 Å². The molecule has 0 nitrogen and oxygen atoms in total. The summed E-state index contributed by atoms with van der Waals surface area (Å²) < 4.78 is 0. The molecule has 5 radical (unpaired) electrons. The van der Waals surface area contributed by atoms with Crippen molar-refractivity contribution in [2.45, 2.75) is 0 Å². The van der Waals surface area contributed by atoms with Gasteiger partial charge in [0.2, 0.25) is 0 Å². The van der Waals surface area contributed by atoms with Crippen LogP contribution in [0.1, 0.15) is 0 Å². The molecule has 0 aromatic carbocycles. The third kappa shape index (κ3) is 9.05. The summed E-state index contributed by atoms with van der Waals surface area (Å²) in [6.45, 7) is 0. The predicted molar refractivity (Wildman–Crippen MR) is 21.9 cm³/mol. The Morgan fingerprint density at radius 1 is 1.00 bits per heavy atom. The number of rotatable bonds is 0. The van der Waals surface area contributed by atoms with Crippen molar-refractivity contribution < 1.29 is 19.5 Å². The van der Waals surface area contributed by atoms with E-state index in [4.69, 9.17) is 0 Å². The molecule has 0 aromatic heterocycles. The van der Waals surface area contributed by atoms with Gasteiger partial charge in [0.25, 0.3) is 0 Å². The van der Waals surface area contributed by atoms with Crippen molar-refractivity contribution in [3.63, 3.8) is 0 Å². The first-order chi connectivity index (χ1) is 0. The summed E-state index contributed by atoms with van der Waals surface area (Å²) >= 11 is 0. The Balaban J connectivity index is 0. The summed E-state index contributed by atoms with van der Waals surface area (Å²) in [7, 11) is 0. The van der Waals surface area contributed by atoms with Crippen LogP contribution < -0.4 is 0 Å². The van der Waals surface area contributed by atoms with Crippen LogP contribution in [0.3, 0.4) is 0 Å². The Kier molecular flexibility index (Phi) is 106. The summed E-state index contributed by atoms with van der Waals surface area (Å²) in [5, 5.41) is 0. The Morgan fingerprint density at radius 3 is 1.00 bits per heavy atom. The van der Waals surface area contributed by atoms with E-state index in [-0.39, 0.29) is 108 Å². The molecule has 0 N–H and O–H groups in total. The molecule has 0 atom stereocenters. The van der Waals surface area contributed by atoms with Crippen LogP contribution in [0.2, 0.25) is 0 Å². The fourth-order valence-corrected chi connectivity index (χ4v) is 0. The van der Waals surface area contributed by atoms with Gasteiger partial charge >= 0.3 is 0 Å². The van der Waals surface area contributed by atoms with Gasteiger partial charge in [0, 0.05) is 94.2 Å². The molecule has 0 amide bonds. The maximum absolute atomic E-state index is 0. The van der Waals surface area contributed by atoms with E-state index in [9.17, 15) is 0 Å². The van der Waals surface area contributed by atoms with Crippen LogP contribution in [-0.2, 0) is 19.5 Å². The monoisotopic (exact) mass is 351 g/mol. The molecule has 15 valence electrons. The Morgan fingerprint density at radius 2 is 1.00 bits per heavy atom. The topological polar surface area (TPSA) is 0 Å². The molecule has 4 heavy (non-hydrogen) atoms. The van der Waals surface area contributed by atoms with E-state index in [1.807, 2.05) is 0 Å². The zero-order valence-electron chi connectivity index (χ0n) is 2.49. The molecular formula is H2BaInSZn. The molecule has 0 aliphatic rings. The maximum Gasteiger partial charge on any atom is 0 e. The van der Waals surface area contributed by atoms with Gasteiger partial charge in [-0.15, -0.1) is 0 Å². The van der Waals surface area contributed by atoms with E-state index in [0.29, 0.717) is 0 Å². The van der Waals surface area contributed by atoms with Crippen LogP contribution in [0.25, 0.3) is 0 Å². The van der Waals surface area contributed by atoms with E-state index < -0.39 is 0 Å². The van der Waals surface area contributed by atoms with Crippen molar-refractivity contribution in [2.24, 2.45) is 0 Å². The molecular weight excluding hydrogens is 350 g/mol. The van der Waals surface area contributed by atoms with Crippen LogP contribution in [0.15, 0.2) is 0 Å². The van der Waals surface area contributed by atoms with Gasteiger partial charge in [-0.05, 0) is 0 Å². The standard InChI is InChI=1S/Ba.In.H2S.Zn/h;;1H2;. The summed E-state index contributed by atoms with van der Waals surface area (Å²) in [6.07, 6.45) is 0. The minimum atomic E-state index is 0. The first-order valence-electron chi connectivity index (χ1n) is 0. The van der Waals surface area contributed by atoms with Crippen molar-refractivity contribution in [2.75, 3.05) is 0 Å². The SMILES string of the molecule is S.[Ba].[In].[Zn]. The second kappa shape index (κ2) is 16.1. The van der Waals surface area contributed by atoms with Gasteiger partial charge in [-0.25, -0.2) is 0 Å². The molecule has 0 saturated heterocycles. The molecule has 0 spiro atoms. The molecule has 0 fully saturated rings. The number of hydrogen-bond acceptors (Lipinski definition) is 0. The molecule has 0 saturated carbocycles. The molecule has 0 aliphatic heterocycles. The quantitative estimate of drug-likeness (QED) is 0.509. The predicted octanol–water partition coefficient (Wildman–Crippen LogP) is -0.651. The molecule has 0 bridgehead atoms. The largest absolute Gasteiger partial charge is 0.197 e. The van der Waals surface area contributed by atoms with E-state index in [1.165, 1.54) is 0 Å². The van der Waals surface area contributed by atoms with Gasteiger partial charge in [-0.1, -0.05) is 0 Å². The molecule has 4 heteroatoms. The average Bonchev–Trinajstić information content (AvgIpc) is 0. The van der Waals surface area contributed by atoms with Crippen molar-refractivity contribution in [3.8, 4) is 0 Å². The van der Waals surface area contributed by atoms with Crippen molar-refractivity contribution in [1.82, 2.24) is 0 Å². The first-order valence-corrected chi connectivity index (χ1v) is 0. The van der Waals surface area contributed by atoms with Crippen LogP contribution >= 0.6 is 13.5 Å². The van der Waals surface area contributed by atoms with Gasteiger partial charge in [-0.3, -0.25) is 0 Å².